The van der Waals surface area contributed by atoms with Crippen LogP contribution in [0.3, 0.4) is 0 Å². The Morgan fingerprint density at radius 3 is 2.45 bits per heavy atom. The first-order chi connectivity index (χ1) is 13.9. The van der Waals surface area contributed by atoms with Crippen molar-refractivity contribution >= 4 is 28.9 Å². The molecule has 1 aliphatic rings. The number of carboxylic acids is 1. The molecule has 0 radical (unpaired) electrons. The van der Waals surface area contributed by atoms with Crippen LogP contribution in [0.25, 0.3) is 10.4 Å². The largest absolute Gasteiger partial charge is 0.477 e. The number of rotatable bonds is 7. The maximum absolute atomic E-state index is 13.5. The minimum absolute atomic E-state index is 0.0151. The SMILES string of the molecule is COCC(C)N(C(=O)C1CCC(C)CC1)c1cc(-c2ccccc2)sc1C(=O)O. The number of methoxy groups -OCH3 is 1. The van der Waals surface area contributed by atoms with E-state index >= 15 is 0 Å². The average Bonchev–Trinajstić information content (AvgIpc) is 3.15. The topological polar surface area (TPSA) is 66.8 Å². The number of amides is 1. The van der Waals surface area contributed by atoms with Crippen LogP contribution in [0.5, 0.6) is 0 Å². The molecule has 29 heavy (non-hydrogen) atoms. The van der Waals surface area contributed by atoms with Gasteiger partial charge in [0.1, 0.15) is 4.88 Å². The van der Waals surface area contributed by atoms with E-state index in [1.54, 1.807) is 12.0 Å². The maximum Gasteiger partial charge on any atom is 0.348 e. The fraction of sp³-hybridized carbons (Fsp3) is 0.478. The maximum atomic E-state index is 13.5. The molecule has 1 aromatic carbocycles. The monoisotopic (exact) mass is 415 g/mol. The first-order valence-corrected chi connectivity index (χ1v) is 11.0. The van der Waals surface area contributed by atoms with Crippen LogP contribution in [-0.2, 0) is 9.53 Å². The lowest BCUT2D eigenvalue weighted by atomic mass is 9.82. The third-order valence-corrected chi connectivity index (χ3v) is 6.84. The number of carbonyl (C=O) groups excluding carboxylic acids is 1. The molecule has 3 rings (SSSR count). The highest BCUT2D eigenvalue weighted by Gasteiger charge is 2.34. The van der Waals surface area contributed by atoms with Crippen LogP contribution in [0.15, 0.2) is 36.4 Å². The van der Waals surface area contributed by atoms with Gasteiger partial charge in [-0.2, -0.15) is 0 Å². The van der Waals surface area contributed by atoms with E-state index in [1.807, 2.05) is 43.3 Å². The molecule has 1 atom stereocenters. The zero-order valence-corrected chi connectivity index (χ0v) is 18.1. The number of anilines is 1. The van der Waals surface area contributed by atoms with E-state index in [-0.39, 0.29) is 22.7 Å². The summed E-state index contributed by atoms with van der Waals surface area (Å²) in [7, 11) is 1.60. The number of carbonyl (C=O) groups is 2. The highest BCUT2D eigenvalue weighted by molar-refractivity contribution is 7.18. The van der Waals surface area contributed by atoms with Crippen LogP contribution in [-0.4, -0.2) is 36.7 Å². The molecule has 1 N–H and O–H groups in total. The molecule has 1 aliphatic carbocycles. The van der Waals surface area contributed by atoms with Crippen LogP contribution in [0, 0.1) is 11.8 Å². The van der Waals surface area contributed by atoms with Gasteiger partial charge < -0.3 is 14.7 Å². The van der Waals surface area contributed by atoms with E-state index in [9.17, 15) is 14.7 Å². The van der Waals surface area contributed by atoms with Gasteiger partial charge in [0.15, 0.2) is 0 Å². The quantitative estimate of drug-likeness (QED) is 0.666. The van der Waals surface area contributed by atoms with Crippen molar-refractivity contribution in [1.29, 1.82) is 0 Å². The van der Waals surface area contributed by atoms with E-state index in [2.05, 4.69) is 6.92 Å². The van der Waals surface area contributed by atoms with Crippen molar-refractivity contribution in [2.75, 3.05) is 18.6 Å². The molecule has 1 aromatic heterocycles. The molecule has 156 valence electrons. The second-order valence-corrected chi connectivity index (χ2v) is 9.02. The lowest BCUT2D eigenvalue weighted by Crippen LogP contribution is -2.45. The lowest BCUT2D eigenvalue weighted by molar-refractivity contribution is -0.124. The molecule has 2 aromatic rings. The van der Waals surface area contributed by atoms with Gasteiger partial charge in [-0.1, -0.05) is 37.3 Å². The predicted molar refractivity (Wildman–Crippen MR) is 117 cm³/mol. The number of hydrogen-bond acceptors (Lipinski definition) is 4. The molecule has 1 unspecified atom stereocenters. The summed E-state index contributed by atoms with van der Waals surface area (Å²) in [4.78, 5) is 28.3. The number of aromatic carboxylic acids is 1. The first kappa shape index (κ1) is 21.5. The fourth-order valence-corrected chi connectivity index (χ4v) is 5.04. The number of ether oxygens (including phenoxy) is 1. The first-order valence-electron chi connectivity index (χ1n) is 10.2. The van der Waals surface area contributed by atoms with Gasteiger partial charge in [0, 0.05) is 17.9 Å². The van der Waals surface area contributed by atoms with Gasteiger partial charge in [0.05, 0.1) is 18.3 Å². The summed E-state index contributed by atoms with van der Waals surface area (Å²) in [5, 5.41) is 9.85. The molecule has 0 spiro atoms. The molecule has 0 saturated heterocycles. The zero-order chi connectivity index (χ0) is 21.0. The van der Waals surface area contributed by atoms with Crippen LogP contribution in [0.1, 0.15) is 49.2 Å². The van der Waals surface area contributed by atoms with Gasteiger partial charge in [-0.15, -0.1) is 11.3 Å². The Balaban J connectivity index is 2.01. The fourth-order valence-electron chi connectivity index (χ4n) is 4.05. The summed E-state index contributed by atoms with van der Waals surface area (Å²) in [6.45, 7) is 4.49. The summed E-state index contributed by atoms with van der Waals surface area (Å²) < 4.78 is 5.31. The summed E-state index contributed by atoms with van der Waals surface area (Å²) in [5.74, 6) is -0.412. The Morgan fingerprint density at radius 2 is 1.86 bits per heavy atom. The van der Waals surface area contributed by atoms with E-state index in [4.69, 9.17) is 4.74 Å². The number of nitrogens with zero attached hydrogens (tertiary/aromatic N) is 1. The van der Waals surface area contributed by atoms with E-state index in [0.29, 0.717) is 18.2 Å². The smallest absolute Gasteiger partial charge is 0.348 e. The molecule has 1 saturated carbocycles. The minimum atomic E-state index is -1.01. The number of carboxylic acid groups (broad SMARTS) is 1. The Kier molecular flexibility index (Phi) is 7.09. The van der Waals surface area contributed by atoms with Gasteiger partial charge in [-0.25, -0.2) is 4.79 Å². The van der Waals surface area contributed by atoms with Crippen LogP contribution >= 0.6 is 11.3 Å². The minimum Gasteiger partial charge on any atom is -0.477 e. The zero-order valence-electron chi connectivity index (χ0n) is 17.3. The van der Waals surface area contributed by atoms with E-state index in [0.717, 1.165) is 36.1 Å². The molecule has 1 amide bonds. The van der Waals surface area contributed by atoms with E-state index in [1.165, 1.54) is 11.3 Å². The summed E-state index contributed by atoms with van der Waals surface area (Å²) in [6.07, 6.45) is 3.78. The van der Waals surface area contributed by atoms with Gasteiger partial charge in [-0.3, -0.25) is 4.79 Å². The van der Waals surface area contributed by atoms with Gasteiger partial charge >= 0.3 is 5.97 Å². The van der Waals surface area contributed by atoms with Crippen molar-refractivity contribution in [3.05, 3.63) is 41.3 Å². The summed E-state index contributed by atoms with van der Waals surface area (Å²) >= 11 is 1.21. The molecule has 0 aliphatic heterocycles. The molecule has 1 heterocycles. The Labute approximate surface area is 176 Å². The van der Waals surface area contributed by atoms with Crippen molar-refractivity contribution < 1.29 is 19.4 Å². The van der Waals surface area contributed by atoms with Crippen LogP contribution in [0.4, 0.5) is 5.69 Å². The second kappa shape index (κ2) is 9.55. The van der Waals surface area contributed by atoms with Crippen molar-refractivity contribution in [3.8, 4) is 10.4 Å². The summed E-state index contributed by atoms with van der Waals surface area (Å²) in [5.41, 5.74) is 1.43. The highest BCUT2D eigenvalue weighted by atomic mass is 32.1. The third-order valence-electron chi connectivity index (χ3n) is 5.68. The molecular formula is C23H29NO4S. The molecule has 1 fully saturated rings. The van der Waals surface area contributed by atoms with Gasteiger partial charge in [0.2, 0.25) is 5.91 Å². The summed E-state index contributed by atoms with van der Waals surface area (Å²) in [6, 6.07) is 11.3. The van der Waals surface area contributed by atoms with Crippen LogP contribution < -0.4 is 4.90 Å². The molecule has 0 bridgehead atoms. The normalized spacial score (nSPS) is 20.2. The average molecular weight is 416 g/mol. The van der Waals surface area contributed by atoms with Crippen LogP contribution in [0.2, 0.25) is 0 Å². The Morgan fingerprint density at radius 1 is 1.21 bits per heavy atom. The highest BCUT2D eigenvalue weighted by Crippen LogP contribution is 2.39. The molecular weight excluding hydrogens is 386 g/mol. The standard InChI is InChI=1S/C23H29NO4S/c1-15-9-11-18(12-10-15)22(25)24(16(2)14-28-3)19-13-20(29-21(19)23(26)27)17-7-5-4-6-8-17/h4-8,13,15-16,18H,9-12,14H2,1-3H3,(H,26,27). The number of benzene rings is 1. The predicted octanol–water partition coefficient (Wildman–Crippen LogP) is 5.31. The lowest BCUT2D eigenvalue weighted by Gasteiger charge is -2.34. The van der Waals surface area contributed by atoms with Crippen molar-refractivity contribution in [3.63, 3.8) is 0 Å². The van der Waals surface area contributed by atoms with Gasteiger partial charge in [0.25, 0.3) is 0 Å². The second-order valence-electron chi connectivity index (χ2n) is 7.97. The number of hydrogen-bond donors (Lipinski definition) is 1. The van der Waals surface area contributed by atoms with Crippen molar-refractivity contribution in [1.82, 2.24) is 0 Å². The number of thiophene rings is 1. The van der Waals surface area contributed by atoms with Crippen molar-refractivity contribution in [2.45, 2.75) is 45.6 Å². The van der Waals surface area contributed by atoms with E-state index < -0.39 is 5.97 Å². The molecule has 5 nitrogen and oxygen atoms in total. The Hall–Kier alpha value is -2.18. The Bertz CT molecular complexity index is 840. The molecule has 6 heteroatoms. The van der Waals surface area contributed by atoms with Gasteiger partial charge in [-0.05, 0) is 50.2 Å². The third kappa shape index (κ3) is 4.87. The van der Waals surface area contributed by atoms with Crippen molar-refractivity contribution in [2.24, 2.45) is 11.8 Å².